The Bertz CT molecular complexity index is 724. The van der Waals surface area contributed by atoms with Gasteiger partial charge in [0.2, 0.25) is 0 Å². The molecule has 0 radical (unpaired) electrons. The lowest BCUT2D eigenvalue weighted by atomic mass is 9.60. The lowest BCUT2D eigenvalue weighted by molar-refractivity contribution is 0.0920. The maximum Gasteiger partial charge on any atom is 0.0812 e. The van der Waals surface area contributed by atoms with Crippen molar-refractivity contribution in [1.82, 2.24) is 0 Å². The third-order valence-corrected chi connectivity index (χ3v) is 9.03. The van der Waals surface area contributed by atoms with Gasteiger partial charge in [-0.15, -0.1) is 0 Å². The zero-order valence-corrected chi connectivity index (χ0v) is 21.9. The summed E-state index contributed by atoms with van der Waals surface area (Å²) in [7, 11) is 0. The fourth-order valence-corrected chi connectivity index (χ4v) is 7.27. The molecular weight excluding hydrogens is 408 g/mol. The van der Waals surface area contributed by atoms with Gasteiger partial charge in [-0.2, -0.15) is 0 Å². The molecule has 3 N–H and O–H groups in total. The minimum Gasteiger partial charge on any atom is -0.396 e. The molecule has 0 unspecified atom stereocenters. The van der Waals surface area contributed by atoms with Crippen LogP contribution in [-0.2, 0) is 0 Å². The molecule has 3 aliphatic rings. The van der Waals surface area contributed by atoms with Gasteiger partial charge in [0, 0.05) is 6.61 Å². The lowest BCUT2D eigenvalue weighted by Crippen LogP contribution is -2.36. The zero-order valence-electron chi connectivity index (χ0n) is 21.9. The minimum atomic E-state index is -0.633. The quantitative estimate of drug-likeness (QED) is 0.371. The molecule has 0 heterocycles. The fourth-order valence-electron chi connectivity index (χ4n) is 7.27. The third-order valence-electron chi connectivity index (χ3n) is 9.03. The van der Waals surface area contributed by atoms with Crippen LogP contribution in [0.2, 0.25) is 0 Å². The van der Waals surface area contributed by atoms with Crippen molar-refractivity contribution in [2.75, 3.05) is 6.61 Å². The van der Waals surface area contributed by atoms with Crippen molar-refractivity contribution in [3.63, 3.8) is 0 Å². The summed E-state index contributed by atoms with van der Waals surface area (Å²) in [5.74, 6) is 2.32. The number of rotatable bonds is 7. The third kappa shape index (κ3) is 6.61. The second kappa shape index (κ2) is 11.2. The van der Waals surface area contributed by atoms with E-state index in [1.807, 2.05) is 0 Å². The van der Waals surface area contributed by atoms with Crippen LogP contribution in [0.1, 0.15) is 105 Å². The fraction of sp³-hybridized carbons (Fsp3) is 0.800. The largest absolute Gasteiger partial charge is 0.396 e. The molecule has 0 bridgehead atoms. The first-order valence-electron chi connectivity index (χ1n) is 13.6. The Balaban J connectivity index is 1.66. The van der Waals surface area contributed by atoms with Crippen LogP contribution in [-0.4, -0.2) is 34.1 Å². The maximum absolute atomic E-state index is 10.5. The summed E-state index contributed by atoms with van der Waals surface area (Å²) >= 11 is 0. The van der Waals surface area contributed by atoms with Crippen LogP contribution >= 0.6 is 0 Å². The van der Waals surface area contributed by atoms with E-state index >= 15 is 0 Å². The van der Waals surface area contributed by atoms with E-state index in [0.29, 0.717) is 41.6 Å². The second-order valence-corrected chi connectivity index (χ2v) is 12.7. The molecule has 33 heavy (non-hydrogen) atoms. The lowest BCUT2D eigenvalue weighted by Gasteiger charge is -2.44. The van der Waals surface area contributed by atoms with Gasteiger partial charge >= 0.3 is 0 Å². The molecule has 0 aromatic carbocycles. The molecule has 0 aromatic rings. The smallest absolute Gasteiger partial charge is 0.0812 e. The molecule has 3 aliphatic carbocycles. The van der Waals surface area contributed by atoms with Crippen LogP contribution in [0, 0.1) is 28.6 Å². The van der Waals surface area contributed by atoms with E-state index in [0.717, 1.165) is 17.4 Å². The van der Waals surface area contributed by atoms with Crippen molar-refractivity contribution in [3.8, 4) is 0 Å². The van der Waals surface area contributed by atoms with E-state index in [4.69, 9.17) is 5.11 Å². The number of hydrogen-bond donors (Lipinski definition) is 3. The molecule has 0 amide bonds. The predicted octanol–water partition coefficient (Wildman–Crippen LogP) is 6.73. The van der Waals surface area contributed by atoms with Crippen LogP contribution in [0.25, 0.3) is 0 Å². The Kier molecular flexibility index (Phi) is 9.08. The summed E-state index contributed by atoms with van der Waals surface area (Å²) in [6.07, 6.45) is 17.3. The second-order valence-electron chi connectivity index (χ2n) is 12.7. The van der Waals surface area contributed by atoms with Gasteiger partial charge in [-0.05, 0) is 91.9 Å². The number of hydrogen-bond acceptors (Lipinski definition) is 3. The molecule has 3 fully saturated rings. The Morgan fingerprint density at radius 2 is 1.79 bits per heavy atom. The van der Waals surface area contributed by atoms with Crippen LogP contribution in [0.4, 0.5) is 0 Å². The van der Waals surface area contributed by atoms with Crippen molar-refractivity contribution in [1.29, 1.82) is 0 Å². The first-order valence-corrected chi connectivity index (χ1v) is 13.6. The van der Waals surface area contributed by atoms with E-state index < -0.39 is 12.2 Å². The van der Waals surface area contributed by atoms with E-state index in [1.165, 1.54) is 51.4 Å². The normalized spacial score (nSPS) is 35.0. The van der Waals surface area contributed by atoms with E-state index in [-0.39, 0.29) is 6.61 Å². The molecule has 0 aliphatic heterocycles. The standard InChI is InChI=1S/C30H50O3/c1-21(9-6-16-29(2,3)4)25-14-15-26-23(10-7-17-30(25,26)5)13-12-22-19-27(32)24(11-8-18-31)28(33)20-22/h11-13,21,25-28,31-33H,6-10,14-20H2,1-5H3/b22-12?,23-13+,24-11?/t21-,25+,26-,27+,28+,30+/m0/s1. The van der Waals surface area contributed by atoms with Crippen LogP contribution in [0.15, 0.2) is 34.9 Å². The Morgan fingerprint density at radius 3 is 2.42 bits per heavy atom. The van der Waals surface area contributed by atoms with Crippen LogP contribution in [0.3, 0.4) is 0 Å². The summed E-state index contributed by atoms with van der Waals surface area (Å²) in [5.41, 5.74) is 4.28. The van der Waals surface area contributed by atoms with Gasteiger partial charge in [0.1, 0.15) is 0 Å². The van der Waals surface area contributed by atoms with Crippen molar-refractivity contribution in [2.45, 2.75) is 117 Å². The molecule has 0 spiro atoms. The van der Waals surface area contributed by atoms with Gasteiger partial charge < -0.3 is 15.3 Å². The van der Waals surface area contributed by atoms with Crippen molar-refractivity contribution in [2.24, 2.45) is 28.6 Å². The molecule has 3 rings (SSSR count). The van der Waals surface area contributed by atoms with Gasteiger partial charge in [0.15, 0.2) is 0 Å². The average molecular weight is 459 g/mol. The molecular formula is C30H50O3. The van der Waals surface area contributed by atoms with Crippen molar-refractivity contribution >= 4 is 0 Å². The first-order chi connectivity index (χ1) is 15.5. The minimum absolute atomic E-state index is 0.0497. The SMILES string of the molecule is C[C@@H](CCCC(C)(C)C)[C@H]1CC[C@H]2/C(=C/C=C3C[C@@H](O)C(=CCCO)[C@H](O)C3)CCC[C@]12C. The van der Waals surface area contributed by atoms with Crippen LogP contribution < -0.4 is 0 Å². The average Bonchev–Trinajstić information content (AvgIpc) is 3.08. The summed E-state index contributed by atoms with van der Waals surface area (Å²) in [6, 6.07) is 0. The predicted molar refractivity (Wildman–Crippen MR) is 138 cm³/mol. The van der Waals surface area contributed by atoms with Gasteiger partial charge in [-0.1, -0.05) is 76.8 Å². The van der Waals surface area contributed by atoms with Crippen LogP contribution in [0.5, 0.6) is 0 Å². The molecule has 0 aromatic heterocycles. The Labute approximate surface area is 203 Å². The molecule has 188 valence electrons. The van der Waals surface area contributed by atoms with Crippen molar-refractivity contribution in [3.05, 3.63) is 34.9 Å². The molecule has 3 nitrogen and oxygen atoms in total. The number of aliphatic hydroxyl groups excluding tert-OH is 3. The number of allylic oxidation sites excluding steroid dienone is 3. The summed E-state index contributed by atoms with van der Waals surface area (Å²) in [5, 5.41) is 30.1. The topological polar surface area (TPSA) is 60.7 Å². The van der Waals surface area contributed by atoms with Gasteiger partial charge in [-0.25, -0.2) is 0 Å². The Morgan fingerprint density at radius 1 is 1.09 bits per heavy atom. The van der Waals surface area contributed by atoms with Gasteiger partial charge in [-0.3, -0.25) is 0 Å². The Hall–Kier alpha value is -0.900. The van der Waals surface area contributed by atoms with E-state index in [1.54, 1.807) is 11.6 Å². The molecule has 0 saturated heterocycles. The van der Waals surface area contributed by atoms with Gasteiger partial charge in [0.05, 0.1) is 12.2 Å². The monoisotopic (exact) mass is 458 g/mol. The molecule has 6 atom stereocenters. The zero-order chi connectivity index (χ0) is 24.2. The highest BCUT2D eigenvalue weighted by Crippen LogP contribution is 2.60. The highest BCUT2D eigenvalue weighted by atomic mass is 16.3. The van der Waals surface area contributed by atoms with E-state index in [9.17, 15) is 10.2 Å². The van der Waals surface area contributed by atoms with Gasteiger partial charge in [0.25, 0.3) is 0 Å². The van der Waals surface area contributed by atoms with Crippen molar-refractivity contribution < 1.29 is 15.3 Å². The first kappa shape index (κ1) is 26.7. The number of fused-ring (bicyclic) bond motifs is 1. The molecule has 3 saturated carbocycles. The van der Waals surface area contributed by atoms with E-state index in [2.05, 4.69) is 46.8 Å². The molecule has 3 heteroatoms. The highest BCUT2D eigenvalue weighted by molar-refractivity contribution is 5.30. The maximum atomic E-state index is 10.5. The summed E-state index contributed by atoms with van der Waals surface area (Å²) in [6.45, 7) is 12.2. The summed E-state index contributed by atoms with van der Waals surface area (Å²) < 4.78 is 0. The highest BCUT2D eigenvalue weighted by Gasteiger charge is 2.50. The summed E-state index contributed by atoms with van der Waals surface area (Å²) in [4.78, 5) is 0. The number of aliphatic hydroxyl groups is 3.